The van der Waals surface area contributed by atoms with Crippen LogP contribution < -0.4 is 0 Å². The van der Waals surface area contributed by atoms with Crippen molar-refractivity contribution in [3.05, 3.63) is 6.92 Å². The lowest BCUT2D eigenvalue weighted by atomic mass is 10.0. The minimum absolute atomic E-state index is 0.0391. The molecule has 0 rings (SSSR count). The highest BCUT2D eigenvalue weighted by atomic mass is 16.2. The van der Waals surface area contributed by atoms with Gasteiger partial charge in [-0.2, -0.15) is 0 Å². The Morgan fingerprint density at radius 3 is 1.90 bits per heavy atom. The van der Waals surface area contributed by atoms with E-state index in [0.29, 0.717) is 0 Å². The van der Waals surface area contributed by atoms with Crippen molar-refractivity contribution in [1.29, 1.82) is 0 Å². The van der Waals surface area contributed by atoms with E-state index in [-0.39, 0.29) is 11.8 Å². The molecule has 0 aliphatic rings. The van der Waals surface area contributed by atoms with Crippen molar-refractivity contribution in [2.75, 3.05) is 13.1 Å². The molecule has 0 bridgehead atoms. The first kappa shape index (κ1) is 19.5. The van der Waals surface area contributed by atoms with Gasteiger partial charge in [0.15, 0.2) is 0 Å². The van der Waals surface area contributed by atoms with E-state index in [1.54, 1.807) is 0 Å². The molecule has 2 nitrogen and oxygen atoms in total. The van der Waals surface area contributed by atoms with E-state index in [4.69, 9.17) is 0 Å². The Balaban J connectivity index is 4.21. The molecule has 0 saturated carbocycles. The molecule has 20 heavy (non-hydrogen) atoms. The van der Waals surface area contributed by atoms with Crippen LogP contribution in [0.4, 0.5) is 0 Å². The van der Waals surface area contributed by atoms with Gasteiger partial charge in [0, 0.05) is 19.0 Å². The van der Waals surface area contributed by atoms with Gasteiger partial charge in [0.2, 0.25) is 5.91 Å². The zero-order valence-electron chi connectivity index (χ0n) is 14.1. The summed E-state index contributed by atoms with van der Waals surface area (Å²) >= 11 is 0. The largest absolute Gasteiger partial charge is 0.342 e. The van der Waals surface area contributed by atoms with E-state index in [9.17, 15) is 4.79 Å². The third kappa shape index (κ3) is 9.39. The highest BCUT2D eigenvalue weighted by molar-refractivity contribution is 5.79. The Hall–Kier alpha value is -0.530. The Labute approximate surface area is 127 Å². The van der Waals surface area contributed by atoms with Gasteiger partial charge in [-0.15, -0.1) is 0 Å². The molecule has 0 spiro atoms. The maximum Gasteiger partial charge on any atom is 0.225 e. The summed E-state index contributed by atoms with van der Waals surface area (Å²) in [4.78, 5) is 14.6. The number of rotatable bonds is 13. The van der Waals surface area contributed by atoms with Gasteiger partial charge >= 0.3 is 0 Å². The third-order valence-electron chi connectivity index (χ3n) is 3.88. The standard InChI is InChI=1S/C18H36NO/c1-5-8-11-13-16-19(15-12-9-6-2)18(20)17(4)14-10-7-3/h17H,4-16H2,1-3H3. The van der Waals surface area contributed by atoms with Crippen molar-refractivity contribution >= 4 is 5.91 Å². The van der Waals surface area contributed by atoms with E-state index in [1.165, 1.54) is 32.1 Å². The molecule has 0 aromatic carbocycles. The molecule has 1 atom stereocenters. The zero-order chi connectivity index (χ0) is 15.2. The monoisotopic (exact) mass is 282 g/mol. The summed E-state index contributed by atoms with van der Waals surface area (Å²) in [5, 5.41) is 0. The van der Waals surface area contributed by atoms with Crippen LogP contribution in [0.15, 0.2) is 0 Å². The number of carbonyl (C=O) groups is 1. The molecule has 0 aromatic rings. The molecule has 0 aliphatic carbocycles. The number of hydrogen-bond donors (Lipinski definition) is 0. The second-order valence-electron chi connectivity index (χ2n) is 5.93. The molecule has 2 heteroatoms. The maximum absolute atomic E-state index is 12.5. The Morgan fingerprint density at radius 2 is 1.35 bits per heavy atom. The van der Waals surface area contributed by atoms with Crippen molar-refractivity contribution in [3.8, 4) is 0 Å². The van der Waals surface area contributed by atoms with Gasteiger partial charge in [-0.05, 0) is 26.2 Å². The van der Waals surface area contributed by atoms with Crippen molar-refractivity contribution in [2.24, 2.45) is 5.92 Å². The summed E-state index contributed by atoms with van der Waals surface area (Å²) < 4.78 is 0. The number of unbranched alkanes of at least 4 members (excludes halogenated alkanes) is 6. The molecule has 0 heterocycles. The lowest BCUT2D eigenvalue weighted by Crippen LogP contribution is -2.37. The molecular formula is C18H36NO. The van der Waals surface area contributed by atoms with E-state index in [1.807, 2.05) is 0 Å². The lowest BCUT2D eigenvalue weighted by molar-refractivity contribution is -0.134. The molecule has 0 N–H and O–H groups in total. The minimum atomic E-state index is -0.0391. The van der Waals surface area contributed by atoms with E-state index in [2.05, 4.69) is 32.6 Å². The molecular weight excluding hydrogens is 246 g/mol. The smallest absolute Gasteiger partial charge is 0.225 e. The molecule has 0 aliphatic heterocycles. The average Bonchev–Trinajstić information content (AvgIpc) is 2.46. The maximum atomic E-state index is 12.5. The first-order valence-corrected chi connectivity index (χ1v) is 8.79. The number of amides is 1. The molecule has 1 unspecified atom stereocenters. The van der Waals surface area contributed by atoms with Crippen LogP contribution in [-0.4, -0.2) is 23.9 Å². The van der Waals surface area contributed by atoms with Crippen LogP contribution in [0.25, 0.3) is 0 Å². The van der Waals surface area contributed by atoms with E-state index < -0.39 is 0 Å². The molecule has 0 fully saturated rings. The highest BCUT2D eigenvalue weighted by Crippen LogP contribution is 2.13. The highest BCUT2D eigenvalue weighted by Gasteiger charge is 2.19. The van der Waals surface area contributed by atoms with Crippen LogP contribution in [0.2, 0.25) is 0 Å². The van der Waals surface area contributed by atoms with Crippen molar-refractivity contribution in [1.82, 2.24) is 4.90 Å². The van der Waals surface area contributed by atoms with Gasteiger partial charge in [-0.1, -0.05) is 65.7 Å². The van der Waals surface area contributed by atoms with Crippen molar-refractivity contribution in [3.63, 3.8) is 0 Å². The fourth-order valence-corrected chi connectivity index (χ4v) is 2.45. The third-order valence-corrected chi connectivity index (χ3v) is 3.88. The minimum Gasteiger partial charge on any atom is -0.342 e. The van der Waals surface area contributed by atoms with Crippen LogP contribution in [-0.2, 0) is 4.79 Å². The van der Waals surface area contributed by atoms with Gasteiger partial charge in [0.25, 0.3) is 0 Å². The Kier molecular flexibility index (Phi) is 13.1. The number of hydrogen-bond acceptors (Lipinski definition) is 1. The number of nitrogens with zero attached hydrogens (tertiary/aromatic N) is 1. The molecule has 0 saturated heterocycles. The summed E-state index contributed by atoms with van der Waals surface area (Å²) in [6, 6.07) is 0. The topological polar surface area (TPSA) is 20.3 Å². The predicted octanol–water partition coefficient (Wildman–Crippen LogP) is 5.23. The molecule has 0 aromatic heterocycles. The van der Waals surface area contributed by atoms with Crippen LogP contribution in [0.3, 0.4) is 0 Å². The number of carbonyl (C=O) groups excluding carboxylic acids is 1. The summed E-state index contributed by atoms with van der Waals surface area (Å²) in [5.41, 5.74) is 0. The van der Waals surface area contributed by atoms with E-state index >= 15 is 0 Å². The van der Waals surface area contributed by atoms with Crippen LogP contribution in [0.5, 0.6) is 0 Å². The quantitative estimate of drug-likeness (QED) is 0.424. The second-order valence-corrected chi connectivity index (χ2v) is 5.93. The molecule has 1 radical (unpaired) electrons. The SMILES string of the molecule is [CH2]C(CCCC)C(=O)N(CCCCC)CCCCCC. The summed E-state index contributed by atoms with van der Waals surface area (Å²) in [7, 11) is 0. The van der Waals surface area contributed by atoms with Crippen LogP contribution in [0.1, 0.15) is 85.0 Å². The van der Waals surface area contributed by atoms with Gasteiger partial charge in [-0.3, -0.25) is 4.79 Å². The zero-order valence-corrected chi connectivity index (χ0v) is 14.1. The summed E-state index contributed by atoms with van der Waals surface area (Å²) in [6.45, 7) is 12.5. The van der Waals surface area contributed by atoms with E-state index in [0.717, 1.165) is 45.2 Å². The summed E-state index contributed by atoms with van der Waals surface area (Å²) in [6.07, 6.45) is 11.7. The second kappa shape index (κ2) is 13.5. The lowest BCUT2D eigenvalue weighted by Gasteiger charge is -2.26. The summed E-state index contributed by atoms with van der Waals surface area (Å²) in [5.74, 6) is 0.244. The van der Waals surface area contributed by atoms with Crippen LogP contribution >= 0.6 is 0 Å². The fraction of sp³-hybridized carbons (Fsp3) is 0.889. The molecule has 119 valence electrons. The van der Waals surface area contributed by atoms with Crippen molar-refractivity contribution < 1.29 is 4.79 Å². The predicted molar refractivity (Wildman–Crippen MR) is 88.6 cm³/mol. The van der Waals surface area contributed by atoms with Crippen molar-refractivity contribution in [2.45, 2.75) is 85.0 Å². The van der Waals surface area contributed by atoms with Gasteiger partial charge in [-0.25, -0.2) is 0 Å². The molecule has 1 amide bonds. The normalized spacial score (nSPS) is 12.4. The van der Waals surface area contributed by atoms with Gasteiger partial charge in [0.1, 0.15) is 0 Å². The van der Waals surface area contributed by atoms with Crippen LogP contribution in [0, 0.1) is 12.8 Å². The fourth-order valence-electron chi connectivity index (χ4n) is 2.45. The Bertz CT molecular complexity index is 227. The van der Waals surface area contributed by atoms with Gasteiger partial charge < -0.3 is 4.90 Å². The first-order chi connectivity index (χ1) is 9.67. The van der Waals surface area contributed by atoms with Gasteiger partial charge in [0.05, 0.1) is 0 Å². The Morgan fingerprint density at radius 1 is 0.850 bits per heavy atom. The average molecular weight is 282 g/mol. The first-order valence-electron chi connectivity index (χ1n) is 8.79.